The average molecular weight is 487 g/mol. The molecule has 0 saturated heterocycles. The summed E-state index contributed by atoms with van der Waals surface area (Å²) in [7, 11) is 0. The molecule has 0 radical (unpaired) electrons. The summed E-state index contributed by atoms with van der Waals surface area (Å²) in [4.78, 5) is 9.99. The van der Waals surface area contributed by atoms with Gasteiger partial charge in [0.1, 0.15) is 5.52 Å². The molecule has 0 aliphatic heterocycles. The fourth-order valence-corrected chi connectivity index (χ4v) is 5.72. The maximum Gasteiger partial charge on any atom is 0.159 e. The van der Waals surface area contributed by atoms with Crippen LogP contribution in [0.1, 0.15) is 0 Å². The standard InChI is InChI=1S/C34H22N4/c1-2-12-24(13-3-1)37-31-20-9-6-17-28(31)33-32(37)22-35-34(36-33)23-11-10-14-25(21-23)38-29-18-7-4-15-26(29)27-16-5-8-19-30(27)38/h1-22H. The van der Waals surface area contributed by atoms with Gasteiger partial charge in [-0.2, -0.15) is 0 Å². The Kier molecular flexibility index (Phi) is 4.49. The quantitative estimate of drug-likeness (QED) is 0.252. The molecule has 0 bridgehead atoms. The first-order valence-electron chi connectivity index (χ1n) is 12.8. The van der Waals surface area contributed by atoms with E-state index in [1.807, 2.05) is 12.3 Å². The Balaban J connectivity index is 1.34. The predicted molar refractivity (Wildman–Crippen MR) is 156 cm³/mol. The van der Waals surface area contributed by atoms with E-state index >= 15 is 0 Å². The van der Waals surface area contributed by atoms with Crippen molar-refractivity contribution in [1.29, 1.82) is 0 Å². The molecule has 0 aliphatic rings. The summed E-state index contributed by atoms with van der Waals surface area (Å²) in [5.41, 5.74) is 8.64. The normalized spacial score (nSPS) is 11.7. The number of hydrogen-bond acceptors (Lipinski definition) is 2. The van der Waals surface area contributed by atoms with Gasteiger partial charge in [-0.15, -0.1) is 0 Å². The molecule has 8 aromatic rings. The summed E-state index contributed by atoms with van der Waals surface area (Å²) in [6.07, 6.45) is 1.96. The molecule has 178 valence electrons. The highest BCUT2D eigenvalue weighted by Gasteiger charge is 2.16. The van der Waals surface area contributed by atoms with Crippen LogP contribution >= 0.6 is 0 Å². The molecule has 0 saturated carbocycles. The van der Waals surface area contributed by atoms with Crippen molar-refractivity contribution in [3.8, 4) is 22.8 Å². The van der Waals surface area contributed by atoms with E-state index in [0.29, 0.717) is 0 Å². The lowest BCUT2D eigenvalue weighted by molar-refractivity contribution is 1.14. The monoisotopic (exact) mass is 486 g/mol. The highest BCUT2D eigenvalue weighted by atomic mass is 15.0. The Labute approximate surface area is 219 Å². The van der Waals surface area contributed by atoms with Gasteiger partial charge in [0, 0.05) is 33.1 Å². The second kappa shape index (κ2) is 8.15. The second-order valence-electron chi connectivity index (χ2n) is 9.54. The van der Waals surface area contributed by atoms with Crippen molar-refractivity contribution in [1.82, 2.24) is 19.1 Å². The summed E-state index contributed by atoms with van der Waals surface area (Å²) >= 11 is 0. The number of nitrogens with zero attached hydrogens (tertiary/aromatic N) is 4. The first-order valence-corrected chi connectivity index (χ1v) is 12.8. The van der Waals surface area contributed by atoms with Gasteiger partial charge in [-0.3, -0.25) is 0 Å². The number of para-hydroxylation sites is 4. The molecule has 4 nitrogen and oxygen atoms in total. The minimum absolute atomic E-state index is 0.719. The minimum Gasteiger partial charge on any atom is -0.309 e. The highest BCUT2D eigenvalue weighted by Crippen LogP contribution is 2.34. The van der Waals surface area contributed by atoms with Crippen molar-refractivity contribution in [2.75, 3.05) is 0 Å². The van der Waals surface area contributed by atoms with Crippen LogP contribution in [0, 0.1) is 0 Å². The van der Waals surface area contributed by atoms with E-state index in [-0.39, 0.29) is 0 Å². The van der Waals surface area contributed by atoms with E-state index in [1.54, 1.807) is 0 Å². The zero-order chi connectivity index (χ0) is 25.1. The largest absolute Gasteiger partial charge is 0.309 e. The Morgan fingerprint density at radius 3 is 1.71 bits per heavy atom. The van der Waals surface area contributed by atoms with E-state index in [1.165, 1.54) is 21.8 Å². The Bertz CT molecular complexity index is 2080. The van der Waals surface area contributed by atoms with Gasteiger partial charge in [-0.1, -0.05) is 84.9 Å². The van der Waals surface area contributed by atoms with E-state index in [2.05, 4.69) is 130 Å². The van der Waals surface area contributed by atoms with Gasteiger partial charge in [0.2, 0.25) is 0 Å². The third kappa shape index (κ3) is 3.04. The lowest BCUT2D eigenvalue weighted by Crippen LogP contribution is -1.97. The number of hydrogen-bond donors (Lipinski definition) is 0. The van der Waals surface area contributed by atoms with Crippen molar-refractivity contribution in [2.24, 2.45) is 0 Å². The Morgan fingerprint density at radius 2 is 1.00 bits per heavy atom. The van der Waals surface area contributed by atoms with Crippen LogP contribution in [0.25, 0.3) is 66.5 Å². The maximum absolute atomic E-state index is 5.13. The molecule has 0 spiro atoms. The van der Waals surface area contributed by atoms with Gasteiger partial charge in [-0.25, -0.2) is 9.97 Å². The smallest absolute Gasteiger partial charge is 0.159 e. The van der Waals surface area contributed by atoms with Crippen LogP contribution < -0.4 is 0 Å². The van der Waals surface area contributed by atoms with Crippen LogP contribution in [0.2, 0.25) is 0 Å². The van der Waals surface area contributed by atoms with Crippen LogP contribution in [-0.4, -0.2) is 19.1 Å². The zero-order valence-electron chi connectivity index (χ0n) is 20.5. The van der Waals surface area contributed by atoms with Crippen LogP contribution in [0.5, 0.6) is 0 Å². The summed E-state index contributed by atoms with van der Waals surface area (Å²) in [5, 5.41) is 3.62. The fraction of sp³-hybridized carbons (Fsp3) is 0. The molecule has 5 aromatic carbocycles. The van der Waals surface area contributed by atoms with Gasteiger partial charge in [0.15, 0.2) is 5.82 Å². The molecule has 4 heteroatoms. The SMILES string of the molecule is c1ccc(-n2c3ccccc3c3nc(-c4cccc(-n5c6ccccc6c6ccccc65)c4)ncc32)cc1. The molecular weight excluding hydrogens is 464 g/mol. The van der Waals surface area contributed by atoms with Crippen LogP contribution in [0.4, 0.5) is 0 Å². The molecule has 0 fully saturated rings. The Hall–Kier alpha value is -5.22. The number of aromatic nitrogens is 4. The van der Waals surface area contributed by atoms with Crippen molar-refractivity contribution < 1.29 is 0 Å². The number of benzene rings is 5. The Morgan fingerprint density at radius 1 is 0.447 bits per heavy atom. The maximum atomic E-state index is 5.13. The van der Waals surface area contributed by atoms with Crippen molar-refractivity contribution in [3.05, 3.63) is 134 Å². The first-order chi connectivity index (χ1) is 18.9. The van der Waals surface area contributed by atoms with Crippen molar-refractivity contribution in [2.45, 2.75) is 0 Å². The van der Waals surface area contributed by atoms with Crippen LogP contribution in [0.3, 0.4) is 0 Å². The van der Waals surface area contributed by atoms with E-state index in [9.17, 15) is 0 Å². The zero-order valence-corrected chi connectivity index (χ0v) is 20.5. The lowest BCUT2D eigenvalue weighted by Gasteiger charge is -2.10. The van der Waals surface area contributed by atoms with Gasteiger partial charge in [0.25, 0.3) is 0 Å². The molecule has 0 aliphatic carbocycles. The van der Waals surface area contributed by atoms with Crippen LogP contribution in [-0.2, 0) is 0 Å². The predicted octanol–water partition coefficient (Wildman–Crippen LogP) is 8.34. The molecule has 0 N–H and O–H groups in total. The molecule has 8 rings (SSSR count). The third-order valence-electron chi connectivity index (χ3n) is 7.37. The first kappa shape index (κ1) is 20.9. The molecule has 0 atom stereocenters. The van der Waals surface area contributed by atoms with E-state index < -0.39 is 0 Å². The molecule has 3 aromatic heterocycles. The van der Waals surface area contributed by atoms with E-state index in [0.717, 1.165) is 44.7 Å². The summed E-state index contributed by atoms with van der Waals surface area (Å²) in [6, 6.07) is 44.5. The highest BCUT2D eigenvalue weighted by molar-refractivity contribution is 6.09. The lowest BCUT2D eigenvalue weighted by atomic mass is 10.1. The van der Waals surface area contributed by atoms with Crippen molar-refractivity contribution in [3.63, 3.8) is 0 Å². The number of fused-ring (bicyclic) bond motifs is 6. The van der Waals surface area contributed by atoms with Crippen molar-refractivity contribution >= 4 is 43.7 Å². The average Bonchev–Trinajstić information content (AvgIpc) is 3.50. The number of rotatable bonds is 3. The third-order valence-corrected chi connectivity index (χ3v) is 7.37. The molecule has 3 heterocycles. The molecule has 0 unspecified atom stereocenters. The molecular formula is C34H22N4. The molecule has 0 amide bonds. The van der Waals surface area contributed by atoms with Crippen LogP contribution in [0.15, 0.2) is 134 Å². The van der Waals surface area contributed by atoms with Gasteiger partial charge >= 0.3 is 0 Å². The fourth-order valence-electron chi connectivity index (χ4n) is 5.72. The summed E-state index contributed by atoms with van der Waals surface area (Å²) in [5.74, 6) is 0.719. The van der Waals surface area contributed by atoms with Gasteiger partial charge in [-0.05, 0) is 42.5 Å². The van der Waals surface area contributed by atoms with E-state index in [4.69, 9.17) is 9.97 Å². The van der Waals surface area contributed by atoms with Gasteiger partial charge < -0.3 is 9.13 Å². The summed E-state index contributed by atoms with van der Waals surface area (Å²) < 4.78 is 4.57. The minimum atomic E-state index is 0.719. The molecule has 38 heavy (non-hydrogen) atoms. The topological polar surface area (TPSA) is 35.6 Å². The summed E-state index contributed by atoms with van der Waals surface area (Å²) in [6.45, 7) is 0. The van der Waals surface area contributed by atoms with Gasteiger partial charge in [0.05, 0.1) is 28.3 Å². The second-order valence-corrected chi connectivity index (χ2v) is 9.54.